The van der Waals surface area contributed by atoms with Crippen molar-refractivity contribution in [1.29, 1.82) is 0 Å². The summed E-state index contributed by atoms with van der Waals surface area (Å²) in [5.74, 6) is 1.54. The largest absolute Gasteiger partial charge is 0.493 e. The lowest BCUT2D eigenvalue weighted by Gasteiger charge is -2.17. The van der Waals surface area contributed by atoms with Crippen LogP contribution in [0.25, 0.3) is 11.4 Å². The van der Waals surface area contributed by atoms with Gasteiger partial charge in [0.2, 0.25) is 0 Å². The van der Waals surface area contributed by atoms with Crippen LogP contribution in [0, 0.1) is 33.6 Å². The molecule has 2 aromatic carbocycles. The Hall–Kier alpha value is -3.46. The van der Waals surface area contributed by atoms with E-state index in [1.54, 1.807) is 0 Å². The Labute approximate surface area is 274 Å². The van der Waals surface area contributed by atoms with E-state index in [2.05, 4.69) is 73.0 Å². The lowest BCUT2D eigenvalue weighted by molar-refractivity contribution is 0.0934. The van der Waals surface area contributed by atoms with Crippen molar-refractivity contribution in [2.75, 3.05) is 45.9 Å². The molecule has 4 heterocycles. The molecule has 2 aliphatic heterocycles. The lowest BCUT2D eigenvalue weighted by atomic mass is 10.1. The minimum absolute atomic E-state index is 0.163. The number of carbonyl (C=O) groups is 2. The van der Waals surface area contributed by atoms with Crippen LogP contribution in [-0.2, 0) is 0 Å². The third-order valence-corrected chi connectivity index (χ3v) is 9.94. The zero-order valence-electron chi connectivity index (χ0n) is 26.8. The van der Waals surface area contributed by atoms with Gasteiger partial charge in [0.05, 0.1) is 19.7 Å². The van der Waals surface area contributed by atoms with Gasteiger partial charge in [-0.2, -0.15) is 0 Å². The first-order chi connectivity index (χ1) is 21.7. The number of carbonyl (C=O) groups excluding carboxylic acids is 2. The van der Waals surface area contributed by atoms with E-state index in [-0.39, 0.29) is 11.6 Å². The van der Waals surface area contributed by atoms with Crippen molar-refractivity contribution in [2.24, 2.45) is 5.92 Å². The molecule has 45 heavy (non-hydrogen) atoms. The number of hydrogen-bond acceptors (Lipinski definition) is 5. The van der Waals surface area contributed by atoms with Gasteiger partial charge in [0.1, 0.15) is 5.75 Å². The molecule has 0 bridgehead atoms. The molecule has 2 saturated heterocycles. The first-order valence-corrected chi connectivity index (χ1v) is 16.9. The number of rotatable bonds is 11. The summed E-state index contributed by atoms with van der Waals surface area (Å²) in [6.07, 6.45) is 3.36. The summed E-state index contributed by atoms with van der Waals surface area (Å²) in [4.78, 5) is 31.0. The van der Waals surface area contributed by atoms with E-state index >= 15 is 0 Å². The molecule has 0 radical (unpaired) electrons. The molecule has 236 valence electrons. The number of benzene rings is 2. The second-order valence-electron chi connectivity index (χ2n) is 12.7. The predicted molar refractivity (Wildman–Crippen MR) is 183 cm³/mol. The van der Waals surface area contributed by atoms with E-state index in [0.717, 1.165) is 88.1 Å². The highest BCUT2D eigenvalue weighted by Gasteiger charge is 2.27. The third kappa shape index (κ3) is 6.88. The highest BCUT2D eigenvalue weighted by Crippen LogP contribution is 2.27. The van der Waals surface area contributed by atoms with Crippen molar-refractivity contribution >= 4 is 27.5 Å². The SMILES string of the molecule is Cc1cc(C(=O)CN2CCCC2)c(C)n1-c1cccc(OCC2CCN(CC(=O)c3cc(C)n(-c4ccc(Br)cc4)c3C)C2)c1. The Bertz CT molecular complexity index is 1700. The average molecular weight is 672 g/mol. The molecule has 2 aliphatic rings. The van der Waals surface area contributed by atoms with Crippen molar-refractivity contribution < 1.29 is 14.3 Å². The Morgan fingerprint density at radius 2 is 1.36 bits per heavy atom. The van der Waals surface area contributed by atoms with E-state index in [4.69, 9.17) is 4.74 Å². The van der Waals surface area contributed by atoms with Gasteiger partial charge in [-0.3, -0.25) is 19.4 Å². The zero-order valence-corrected chi connectivity index (χ0v) is 28.4. The van der Waals surface area contributed by atoms with Gasteiger partial charge in [-0.1, -0.05) is 22.0 Å². The summed E-state index contributed by atoms with van der Waals surface area (Å²) in [5, 5.41) is 0. The first-order valence-electron chi connectivity index (χ1n) is 16.1. The normalized spacial score (nSPS) is 17.3. The van der Waals surface area contributed by atoms with Gasteiger partial charge in [-0.15, -0.1) is 0 Å². The first kappa shape index (κ1) is 31.5. The van der Waals surface area contributed by atoms with Gasteiger partial charge in [0.25, 0.3) is 0 Å². The molecule has 0 N–H and O–H groups in total. The van der Waals surface area contributed by atoms with Gasteiger partial charge >= 0.3 is 0 Å². The van der Waals surface area contributed by atoms with Crippen molar-refractivity contribution in [3.05, 3.63) is 99.0 Å². The van der Waals surface area contributed by atoms with Crippen LogP contribution in [-0.4, -0.2) is 76.4 Å². The number of ether oxygens (including phenoxy) is 1. The molecule has 0 aliphatic carbocycles. The number of nitrogens with zero attached hydrogens (tertiary/aromatic N) is 4. The van der Waals surface area contributed by atoms with E-state index in [9.17, 15) is 9.59 Å². The fourth-order valence-corrected chi connectivity index (χ4v) is 7.38. The second kappa shape index (κ2) is 13.5. The molecular weight excluding hydrogens is 628 g/mol. The number of ketones is 2. The van der Waals surface area contributed by atoms with Gasteiger partial charge in [0, 0.05) is 68.3 Å². The van der Waals surface area contributed by atoms with Crippen molar-refractivity contribution in [3.63, 3.8) is 0 Å². The molecule has 0 spiro atoms. The van der Waals surface area contributed by atoms with Crippen LogP contribution >= 0.6 is 15.9 Å². The van der Waals surface area contributed by atoms with Gasteiger partial charge in [-0.25, -0.2) is 0 Å². The quantitative estimate of drug-likeness (QED) is 0.159. The van der Waals surface area contributed by atoms with Crippen LogP contribution in [0.5, 0.6) is 5.75 Å². The third-order valence-electron chi connectivity index (χ3n) is 9.41. The summed E-state index contributed by atoms with van der Waals surface area (Å²) >= 11 is 3.51. The Balaban J connectivity index is 1.05. The van der Waals surface area contributed by atoms with E-state index < -0.39 is 0 Å². The van der Waals surface area contributed by atoms with Crippen LogP contribution < -0.4 is 4.74 Å². The van der Waals surface area contributed by atoms with Crippen molar-refractivity contribution in [3.8, 4) is 17.1 Å². The average Bonchev–Trinajstić information content (AvgIpc) is 3.81. The maximum absolute atomic E-state index is 13.4. The number of Topliss-reactive ketones (excluding diaryl/α,β-unsaturated/α-hetero) is 2. The fraction of sp³-hybridized carbons (Fsp3) is 0.405. The van der Waals surface area contributed by atoms with Crippen LogP contribution in [0.4, 0.5) is 0 Å². The summed E-state index contributed by atoms with van der Waals surface area (Å²) in [6, 6.07) is 20.4. The summed E-state index contributed by atoms with van der Waals surface area (Å²) in [6.45, 7) is 13.4. The Morgan fingerprint density at radius 3 is 2.00 bits per heavy atom. The highest BCUT2D eigenvalue weighted by molar-refractivity contribution is 9.10. The number of aromatic nitrogens is 2. The summed E-state index contributed by atoms with van der Waals surface area (Å²) in [7, 11) is 0. The number of likely N-dealkylation sites (tertiary alicyclic amines) is 2. The monoisotopic (exact) mass is 670 g/mol. The minimum Gasteiger partial charge on any atom is -0.493 e. The molecule has 2 aromatic heterocycles. The molecule has 4 aromatic rings. The van der Waals surface area contributed by atoms with Crippen LogP contribution in [0.1, 0.15) is 62.8 Å². The lowest BCUT2D eigenvalue weighted by Crippen LogP contribution is -2.29. The smallest absolute Gasteiger partial charge is 0.178 e. The van der Waals surface area contributed by atoms with E-state index in [0.29, 0.717) is 25.6 Å². The highest BCUT2D eigenvalue weighted by atomic mass is 79.9. The molecule has 8 heteroatoms. The number of aryl methyl sites for hydroxylation is 2. The topological polar surface area (TPSA) is 59.7 Å². The van der Waals surface area contributed by atoms with E-state index in [1.165, 1.54) is 12.8 Å². The van der Waals surface area contributed by atoms with Crippen LogP contribution in [0.15, 0.2) is 65.1 Å². The molecule has 2 fully saturated rings. The predicted octanol–water partition coefficient (Wildman–Crippen LogP) is 7.13. The maximum atomic E-state index is 13.4. The zero-order chi connectivity index (χ0) is 31.7. The molecule has 1 unspecified atom stereocenters. The molecule has 0 amide bonds. The molecule has 1 atom stereocenters. The Kier molecular flexibility index (Phi) is 9.45. The number of hydrogen-bond donors (Lipinski definition) is 0. The van der Waals surface area contributed by atoms with Gasteiger partial charge < -0.3 is 13.9 Å². The van der Waals surface area contributed by atoms with Crippen molar-refractivity contribution in [1.82, 2.24) is 18.9 Å². The molecule has 7 nitrogen and oxygen atoms in total. The Morgan fingerprint density at radius 1 is 0.756 bits per heavy atom. The number of halogens is 1. The summed E-state index contributed by atoms with van der Waals surface area (Å²) in [5.41, 5.74) is 7.72. The minimum atomic E-state index is 0.163. The van der Waals surface area contributed by atoms with Crippen LogP contribution in [0.3, 0.4) is 0 Å². The maximum Gasteiger partial charge on any atom is 0.178 e. The molecule has 6 rings (SSSR count). The van der Waals surface area contributed by atoms with Crippen molar-refractivity contribution in [2.45, 2.75) is 47.0 Å². The standard InChI is InChI=1S/C37H43BrN4O3/c1-25-18-34(27(3)41(25)31-12-10-30(38)11-13-31)37(44)23-40-17-14-29(21-40)24-45-33-9-7-8-32(20-33)42-26(2)19-35(28(42)4)36(43)22-39-15-5-6-16-39/h7-13,18-20,29H,5-6,14-17,21-24H2,1-4H3. The van der Waals surface area contributed by atoms with E-state index in [1.807, 2.05) is 50.2 Å². The van der Waals surface area contributed by atoms with Gasteiger partial charge in [0.15, 0.2) is 11.6 Å². The second-order valence-corrected chi connectivity index (χ2v) is 13.7. The van der Waals surface area contributed by atoms with Gasteiger partial charge in [-0.05, 0) is 115 Å². The molecule has 0 saturated carbocycles. The molecular formula is C37H43BrN4O3. The van der Waals surface area contributed by atoms with Crippen LogP contribution in [0.2, 0.25) is 0 Å². The summed E-state index contributed by atoms with van der Waals surface area (Å²) < 4.78 is 11.6. The fourth-order valence-electron chi connectivity index (χ4n) is 7.11.